The Morgan fingerprint density at radius 2 is 1.85 bits per heavy atom. The lowest BCUT2D eigenvalue weighted by Gasteiger charge is -2.25. The molecule has 10 heteroatoms. The average Bonchev–Trinajstić information content (AvgIpc) is 3.42. The summed E-state index contributed by atoms with van der Waals surface area (Å²) < 4.78 is 1.47. The van der Waals surface area contributed by atoms with Gasteiger partial charge in [0.05, 0.1) is 12.0 Å². The van der Waals surface area contributed by atoms with Crippen molar-refractivity contribution in [2.75, 3.05) is 5.32 Å². The first-order chi connectivity index (χ1) is 15.8. The number of nitrogens with zero attached hydrogens (tertiary/aromatic N) is 3. The number of carbonyl (C=O) groups excluding carboxylic acids is 1. The Hall–Kier alpha value is -4.05. The van der Waals surface area contributed by atoms with Crippen molar-refractivity contribution in [1.29, 1.82) is 0 Å². The molecule has 5 rings (SSSR count). The number of hydrogen-bond acceptors (Lipinski definition) is 6. The summed E-state index contributed by atoms with van der Waals surface area (Å²) in [5.41, 5.74) is 0.739. The maximum Gasteiger partial charge on any atom is 0.327 e. The van der Waals surface area contributed by atoms with Gasteiger partial charge < -0.3 is 4.57 Å². The number of thiazole rings is 1. The summed E-state index contributed by atoms with van der Waals surface area (Å²) in [6.45, 7) is 5.41. The monoisotopic (exact) mass is 460 g/mol. The molecule has 2 aromatic carbocycles. The Kier molecular flexibility index (Phi) is 4.75. The van der Waals surface area contributed by atoms with Gasteiger partial charge >= 0.3 is 5.69 Å². The van der Waals surface area contributed by atoms with Crippen molar-refractivity contribution in [3.8, 4) is 11.3 Å². The number of imidazole rings is 1. The number of anilines is 1. The number of carbonyl (C=O) groups is 1. The number of aryl methyl sites for hydroxylation is 1. The second-order valence-corrected chi connectivity index (χ2v) is 9.10. The van der Waals surface area contributed by atoms with Crippen molar-refractivity contribution in [1.82, 2.24) is 24.5 Å². The highest BCUT2D eigenvalue weighted by atomic mass is 32.1. The van der Waals surface area contributed by atoms with E-state index >= 15 is 0 Å². The molecule has 0 bridgehead atoms. The second-order valence-electron chi connectivity index (χ2n) is 8.25. The van der Waals surface area contributed by atoms with Gasteiger partial charge in [0.2, 0.25) is 0 Å². The van der Waals surface area contributed by atoms with Crippen LogP contribution in [0.3, 0.4) is 0 Å². The van der Waals surface area contributed by atoms with Crippen LogP contribution in [0.15, 0.2) is 57.7 Å². The van der Waals surface area contributed by atoms with Crippen LogP contribution in [0.4, 0.5) is 5.13 Å². The Morgan fingerprint density at radius 1 is 1.09 bits per heavy atom. The van der Waals surface area contributed by atoms with Gasteiger partial charge in [0.1, 0.15) is 11.2 Å². The molecule has 0 fully saturated rings. The molecule has 0 saturated carbocycles. The number of hydrogen-bond donors (Lipinski definition) is 3. The summed E-state index contributed by atoms with van der Waals surface area (Å²) in [6, 6.07) is 12.2. The third-order valence-corrected chi connectivity index (χ3v) is 6.50. The molecular formula is C23H20N6O3S. The zero-order valence-electron chi connectivity index (χ0n) is 18.1. The van der Waals surface area contributed by atoms with Gasteiger partial charge in [-0.25, -0.2) is 14.8 Å². The smallest absolute Gasteiger partial charge is 0.302 e. The summed E-state index contributed by atoms with van der Waals surface area (Å²) in [4.78, 5) is 50.3. The average molecular weight is 461 g/mol. The molecule has 0 radical (unpaired) electrons. The van der Waals surface area contributed by atoms with Gasteiger partial charge in [0.15, 0.2) is 10.6 Å². The Morgan fingerprint density at radius 3 is 2.64 bits per heavy atom. The van der Waals surface area contributed by atoms with Crippen LogP contribution in [0, 0.1) is 6.92 Å². The minimum Gasteiger partial charge on any atom is -0.302 e. The third kappa shape index (κ3) is 3.44. The van der Waals surface area contributed by atoms with Gasteiger partial charge in [0, 0.05) is 10.9 Å². The summed E-state index contributed by atoms with van der Waals surface area (Å²) >= 11 is 1.33. The normalized spacial score (nSPS) is 11.8. The van der Waals surface area contributed by atoms with Crippen molar-refractivity contribution in [2.45, 2.75) is 26.3 Å². The van der Waals surface area contributed by atoms with E-state index in [-0.39, 0.29) is 17.1 Å². The van der Waals surface area contributed by atoms with E-state index in [2.05, 4.69) is 50.4 Å². The molecule has 166 valence electrons. The van der Waals surface area contributed by atoms with Gasteiger partial charge in [0.25, 0.3) is 11.5 Å². The predicted molar refractivity (Wildman–Crippen MR) is 129 cm³/mol. The molecule has 33 heavy (non-hydrogen) atoms. The van der Waals surface area contributed by atoms with Crippen LogP contribution in [-0.4, -0.2) is 30.4 Å². The summed E-state index contributed by atoms with van der Waals surface area (Å²) in [5, 5.41) is 7.47. The van der Waals surface area contributed by atoms with Crippen LogP contribution >= 0.6 is 11.3 Å². The largest absolute Gasteiger partial charge is 0.327 e. The minimum absolute atomic E-state index is 0.0539. The quantitative estimate of drug-likeness (QED) is 0.379. The molecule has 9 nitrogen and oxygen atoms in total. The molecule has 0 spiro atoms. The lowest BCUT2D eigenvalue weighted by molar-refractivity contribution is -0.122. The van der Waals surface area contributed by atoms with Crippen molar-refractivity contribution in [3.63, 3.8) is 0 Å². The first kappa shape index (κ1) is 20.8. The Balaban J connectivity index is 1.47. The fraction of sp³-hybridized carbons (Fsp3) is 0.174. The maximum atomic E-state index is 13.2. The standard InChI is InChI=1S/C23H20N6O3S/c1-12-8-9-15(14-7-5-4-6-13(12)14)16-10-33-22(25-16)28-20(31)23(2,3)29-11-24-17-18(29)26-21(32)27-19(17)30/h4-11H,1-3H3,(H,25,28,31)(H2,26,27,30,32). The van der Waals surface area contributed by atoms with Crippen molar-refractivity contribution in [2.24, 2.45) is 0 Å². The zero-order chi connectivity index (χ0) is 23.3. The number of benzene rings is 2. The number of fused-ring (bicyclic) bond motifs is 2. The van der Waals surface area contributed by atoms with Crippen LogP contribution < -0.4 is 16.6 Å². The van der Waals surface area contributed by atoms with Gasteiger partial charge in [-0.05, 0) is 37.1 Å². The van der Waals surface area contributed by atoms with E-state index in [0.717, 1.165) is 22.0 Å². The summed E-state index contributed by atoms with van der Waals surface area (Å²) in [6.07, 6.45) is 1.36. The fourth-order valence-electron chi connectivity index (χ4n) is 3.85. The number of amides is 1. The molecule has 0 atom stereocenters. The van der Waals surface area contributed by atoms with E-state index in [1.807, 2.05) is 23.6 Å². The van der Waals surface area contributed by atoms with E-state index < -0.39 is 16.8 Å². The maximum absolute atomic E-state index is 13.2. The first-order valence-electron chi connectivity index (χ1n) is 10.2. The summed E-state index contributed by atoms with van der Waals surface area (Å²) in [5.74, 6) is -0.363. The number of aromatic nitrogens is 5. The van der Waals surface area contributed by atoms with E-state index in [1.165, 1.54) is 27.8 Å². The van der Waals surface area contributed by atoms with Crippen molar-refractivity contribution < 1.29 is 4.79 Å². The molecule has 0 aliphatic heterocycles. The molecule has 0 aliphatic rings. The third-order valence-electron chi connectivity index (χ3n) is 5.74. The molecule has 5 aromatic rings. The second kappa shape index (κ2) is 7.52. The molecule has 0 saturated heterocycles. The fourth-order valence-corrected chi connectivity index (χ4v) is 4.55. The van der Waals surface area contributed by atoms with E-state index in [1.54, 1.807) is 13.8 Å². The molecule has 3 aromatic heterocycles. The predicted octanol–water partition coefficient (Wildman–Crippen LogP) is 3.37. The number of H-pyrrole nitrogens is 2. The molecule has 3 heterocycles. The topological polar surface area (TPSA) is 126 Å². The minimum atomic E-state index is -1.16. The van der Waals surface area contributed by atoms with E-state index in [4.69, 9.17) is 0 Å². The van der Waals surface area contributed by atoms with Crippen LogP contribution in [0.5, 0.6) is 0 Å². The van der Waals surface area contributed by atoms with Gasteiger partial charge in [-0.2, -0.15) is 0 Å². The number of rotatable bonds is 4. The highest BCUT2D eigenvalue weighted by Gasteiger charge is 2.32. The first-order valence-corrected chi connectivity index (χ1v) is 11.1. The van der Waals surface area contributed by atoms with Crippen molar-refractivity contribution in [3.05, 3.63) is 74.5 Å². The highest BCUT2D eigenvalue weighted by molar-refractivity contribution is 7.14. The SMILES string of the molecule is Cc1ccc(-c2csc(NC(=O)C(C)(C)n3cnc4c(=O)[nH]c(=O)[nH]c43)n2)c2ccccc12. The Labute approximate surface area is 191 Å². The lowest BCUT2D eigenvalue weighted by Crippen LogP contribution is -2.40. The van der Waals surface area contributed by atoms with Crippen molar-refractivity contribution >= 4 is 44.3 Å². The molecular weight excluding hydrogens is 440 g/mol. The zero-order valence-corrected chi connectivity index (χ0v) is 18.9. The van der Waals surface area contributed by atoms with E-state index in [9.17, 15) is 14.4 Å². The molecule has 0 unspecified atom stereocenters. The Bertz CT molecular complexity index is 1660. The lowest BCUT2D eigenvalue weighted by atomic mass is 9.99. The number of aromatic amines is 2. The van der Waals surface area contributed by atoms with E-state index in [0.29, 0.717) is 5.13 Å². The molecule has 0 aliphatic carbocycles. The molecule has 1 amide bonds. The van der Waals surface area contributed by atoms with Gasteiger partial charge in [-0.15, -0.1) is 11.3 Å². The number of nitrogens with one attached hydrogen (secondary N) is 3. The summed E-state index contributed by atoms with van der Waals surface area (Å²) in [7, 11) is 0. The van der Waals surface area contributed by atoms with Gasteiger partial charge in [-0.3, -0.25) is 24.9 Å². The van der Waals surface area contributed by atoms with Crippen LogP contribution in [0.2, 0.25) is 0 Å². The van der Waals surface area contributed by atoms with Crippen LogP contribution in [0.1, 0.15) is 19.4 Å². The van der Waals surface area contributed by atoms with Crippen LogP contribution in [-0.2, 0) is 10.3 Å². The molecule has 3 N–H and O–H groups in total. The highest BCUT2D eigenvalue weighted by Crippen LogP contribution is 2.33. The van der Waals surface area contributed by atoms with Crippen LogP contribution in [0.25, 0.3) is 33.2 Å². The van der Waals surface area contributed by atoms with Gasteiger partial charge in [-0.1, -0.05) is 36.4 Å².